The van der Waals surface area contributed by atoms with E-state index in [1.165, 1.54) is 20.9 Å². The highest BCUT2D eigenvalue weighted by atomic mass is 32.1. The molecule has 1 aliphatic carbocycles. The lowest BCUT2D eigenvalue weighted by Crippen LogP contribution is -2.34. The number of carbonyl (C=O) groups excluding carboxylic acids is 1. The van der Waals surface area contributed by atoms with E-state index in [-0.39, 0.29) is 11.8 Å². The maximum atomic E-state index is 12.1. The summed E-state index contributed by atoms with van der Waals surface area (Å²) >= 11 is 1.74. The summed E-state index contributed by atoms with van der Waals surface area (Å²) in [6.45, 7) is 2.73. The van der Waals surface area contributed by atoms with Gasteiger partial charge in [0.2, 0.25) is 5.91 Å². The minimum absolute atomic E-state index is 0.0576. The lowest BCUT2D eigenvalue weighted by atomic mass is 9.77. The van der Waals surface area contributed by atoms with Crippen LogP contribution in [-0.4, -0.2) is 5.91 Å². The molecule has 0 aliphatic heterocycles. The molecule has 1 N–H and O–H groups in total. The first kappa shape index (κ1) is 11.5. The molecule has 0 fully saturated rings. The van der Waals surface area contributed by atoms with Crippen LogP contribution in [0.2, 0.25) is 0 Å². The Kier molecular flexibility index (Phi) is 2.92. The monoisotopic (exact) mass is 257 g/mol. The van der Waals surface area contributed by atoms with Crippen molar-refractivity contribution in [2.75, 3.05) is 0 Å². The fourth-order valence-electron chi connectivity index (χ4n) is 2.37. The van der Waals surface area contributed by atoms with Gasteiger partial charge in [-0.2, -0.15) is 0 Å². The van der Waals surface area contributed by atoms with Crippen molar-refractivity contribution in [2.45, 2.75) is 25.8 Å². The Bertz CT molecular complexity index is 588. The van der Waals surface area contributed by atoms with Gasteiger partial charge in [0, 0.05) is 9.75 Å². The highest BCUT2D eigenvalue weighted by Gasteiger charge is 2.31. The Balaban J connectivity index is 1.61. The van der Waals surface area contributed by atoms with E-state index in [0.717, 1.165) is 6.42 Å². The van der Waals surface area contributed by atoms with Gasteiger partial charge in [0.05, 0.1) is 12.5 Å². The molecule has 2 aromatic rings. The average molecular weight is 257 g/mol. The summed E-state index contributed by atoms with van der Waals surface area (Å²) in [6.07, 6.45) is 0.880. The second-order valence-corrected chi connectivity index (χ2v) is 6.06. The van der Waals surface area contributed by atoms with Crippen molar-refractivity contribution in [1.29, 1.82) is 0 Å². The molecule has 0 spiro atoms. The molecule has 1 aliphatic rings. The molecule has 1 heterocycles. The van der Waals surface area contributed by atoms with Crippen LogP contribution in [0.25, 0.3) is 0 Å². The van der Waals surface area contributed by atoms with Gasteiger partial charge >= 0.3 is 0 Å². The fourth-order valence-corrected chi connectivity index (χ4v) is 3.20. The normalized spacial score (nSPS) is 16.8. The number of fused-ring (bicyclic) bond motifs is 1. The van der Waals surface area contributed by atoms with E-state index >= 15 is 0 Å². The van der Waals surface area contributed by atoms with Crippen LogP contribution in [0.5, 0.6) is 0 Å². The highest BCUT2D eigenvalue weighted by Crippen LogP contribution is 2.34. The third-order valence-corrected chi connectivity index (χ3v) is 4.40. The highest BCUT2D eigenvalue weighted by molar-refractivity contribution is 7.11. The predicted molar refractivity (Wildman–Crippen MR) is 73.8 cm³/mol. The SMILES string of the molecule is Cc1ccc(CNC(=O)C2Cc3ccccc32)s1. The second kappa shape index (κ2) is 4.58. The van der Waals surface area contributed by atoms with Crippen LogP contribution < -0.4 is 5.32 Å². The summed E-state index contributed by atoms with van der Waals surface area (Å²) in [7, 11) is 0. The summed E-state index contributed by atoms with van der Waals surface area (Å²) in [5, 5.41) is 3.03. The maximum absolute atomic E-state index is 12.1. The third kappa shape index (κ3) is 2.06. The first-order chi connectivity index (χ1) is 8.74. The Labute approximate surface area is 111 Å². The molecule has 0 saturated heterocycles. The molecule has 92 valence electrons. The van der Waals surface area contributed by atoms with Crippen molar-refractivity contribution >= 4 is 17.2 Å². The quantitative estimate of drug-likeness (QED) is 0.899. The number of aryl methyl sites for hydroxylation is 1. The smallest absolute Gasteiger partial charge is 0.228 e. The number of benzene rings is 1. The first-order valence-corrected chi connectivity index (χ1v) is 6.96. The lowest BCUT2D eigenvalue weighted by Gasteiger charge is -2.28. The van der Waals surface area contributed by atoms with Crippen LogP contribution in [0.3, 0.4) is 0 Å². The fraction of sp³-hybridized carbons (Fsp3) is 0.267. The van der Waals surface area contributed by atoms with Gasteiger partial charge in [0.15, 0.2) is 0 Å². The number of rotatable bonds is 3. The van der Waals surface area contributed by atoms with E-state index in [4.69, 9.17) is 0 Å². The van der Waals surface area contributed by atoms with E-state index in [9.17, 15) is 4.79 Å². The van der Waals surface area contributed by atoms with Crippen LogP contribution in [0.15, 0.2) is 36.4 Å². The van der Waals surface area contributed by atoms with Crippen molar-refractivity contribution in [2.24, 2.45) is 0 Å². The van der Waals surface area contributed by atoms with Gasteiger partial charge in [-0.15, -0.1) is 11.3 Å². The van der Waals surface area contributed by atoms with Gasteiger partial charge in [0.1, 0.15) is 0 Å². The molecule has 2 nitrogen and oxygen atoms in total. The van der Waals surface area contributed by atoms with Crippen molar-refractivity contribution in [3.05, 3.63) is 57.3 Å². The van der Waals surface area contributed by atoms with Crippen molar-refractivity contribution in [1.82, 2.24) is 5.32 Å². The Hall–Kier alpha value is -1.61. The van der Waals surface area contributed by atoms with E-state index < -0.39 is 0 Å². The number of amides is 1. The van der Waals surface area contributed by atoms with Gasteiger partial charge in [-0.3, -0.25) is 4.79 Å². The van der Waals surface area contributed by atoms with Crippen LogP contribution in [-0.2, 0) is 17.8 Å². The molecular weight excluding hydrogens is 242 g/mol. The molecule has 3 heteroatoms. The molecule has 0 radical (unpaired) electrons. The van der Waals surface area contributed by atoms with E-state index in [0.29, 0.717) is 6.54 Å². The van der Waals surface area contributed by atoms with Crippen LogP contribution >= 0.6 is 11.3 Å². The zero-order chi connectivity index (χ0) is 12.5. The number of thiophene rings is 1. The standard InChI is InChI=1S/C15H15NOS/c1-10-6-7-12(18-10)9-16-15(17)14-8-11-4-2-3-5-13(11)14/h2-7,14H,8-9H2,1H3,(H,16,17). The molecule has 1 amide bonds. The van der Waals surface area contributed by atoms with Gasteiger partial charge in [-0.1, -0.05) is 24.3 Å². The molecule has 1 aromatic carbocycles. The maximum Gasteiger partial charge on any atom is 0.228 e. The topological polar surface area (TPSA) is 29.1 Å². The largest absolute Gasteiger partial charge is 0.351 e. The number of hydrogen-bond donors (Lipinski definition) is 1. The van der Waals surface area contributed by atoms with Crippen molar-refractivity contribution in [3.63, 3.8) is 0 Å². The number of hydrogen-bond acceptors (Lipinski definition) is 2. The minimum Gasteiger partial charge on any atom is -0.351 e. The Morgan fingerprint density at radius 1 is 1.33 bits per heavy atom. The van der Waals surface area contributed by atoms with Crippen LogP contribution in [0, 0.1) is 6.92 Å². The molecule has 0 bridgehead atoms. The first-order valence-electron chi connectivity index (χ1n) is 6.15. The van der Waals surface area contributed by atoms with Gasteiger partial charge in [0.25, 0.3) is 0 Å². The summed E-state index contributed by atoms with van der Waals surface area (Å²) in [5.41, 5.74) is 2.50. The molecule has 1 unspecified atom stereocenters. The third-order valence-electron chi connectivity index (χ3n) is 3.40. The van der Waals surface area contributed by atoms with E-state index in [2.05, 4.69) is 36.5 Å². The Morgan fingerprint density at radius 2 is 2.17 bits per heavy atom. The van der Waals surface area contributed by atoms with Gasteiger partial charge in [-0.05, 0) is 36.6 Å². The molecule has 18 heavy (non-hydrogen) atoms. The number of carbonyl (C=O) groups is 1. The van der Waals surface area contributed by atoms with Crippen LogP contribution in [0.4, 0.5) is 0 Å². The molecule has 1 atom stereocenters. The zero-order valence-corrected chi connectivity index (χ0v) is 11.1. The molecule has 1 aromatic heterocycles. The van der Waals surface area contributed by atoms with Crippen molar-refractivity contribution in [3.8, 4) is 0 Å². The Morgan fingerprint density at radius 3 is 2.89 bits per heavy atom. The summed E-state index contributed by atoms with van der Waals surface area (Å²) < 4.78 is 0. The number of nitrogens with one attached hydrogen (secondary N) is 1. The average Bonchev–Trinajstić information content (AvgIpc) is 2.74. The van der Waals surface area contributed by atoms with Crippen LogP contribution in [0.1, 0.15) is 26.8 Å². The minimum atomic E-state index is 0.0576. The predicted octanol–water partition coefficient (Wildman–Crippen LogP) is 3.01. The summed E-state index contributed by atoms with van der Waals surface area (Å²) in [6, 6.07) is 12.3. The summed E-state index contributed by atoms with van der Waals surface area (Å²) in [5.74, 6) is 0.210. The van der Waals surface area contributed by atoms with Crippen molar-refractivity contribution < 1.29 is 4.79 Å². The molecule has 0 saturated carbocycles. The lowest BCUT2D eigenvalue weighted by molar-refractivity contribution is -0.123. The van der Waals surface area contributed by atoms with E-state index in [1.54, 1.807) is 11.3 Å². The van der Waals surface area contributed by atoms with Gasteiger partial charge in [-0.25, -0.2) is 0 Å². The molecular formula is C15H15NOS. The zero-order valence-electron chi connectivity index (χ0n) is 10.3. The summed E-state index contributed by atoms with van der Waals surface area (Å²) in [4.78, 5) is 14.6. The molecule has 3 rings (SSSR count). The van der Waals surface area contributed by atoms with E-state index in [1.807, 2.05) is 12.1 Å². The van der Waals surface area contributed by atoms with Gasteiger partial charge < -0.3 is 5.32 Å². The second-order valence-electron chi connectivity index (χ2n) is 4.69.